The molecule has 1 aromatic heterocycles. The average Bonchev–Trinajstić information content (AvgIpc) is 3.42. The molecule has 0 aliphatic rings. The number of ether oxygens (including phenoxy) is 2. The van der Waals surface area contributed by atoms with E-state index in [1.807, 2.05) is 64.1 Å². The maximum Gasteiger partial charge on any atom is 0.255 e. The first kappa shape index (κ1) is 36.9. The van der Waals surface area contributed by atoms with E-state index in [0.29, 0.717) is 55.9 Å². The summed E-state index contributed by atoms with van der Waals surface area (Å²) in [5, 5.41) is 3.45. The van der Waals surface area contributed by atoms with Gasteiger partial charge >= 0.3 is 0 Å². The number of methoxy groups -OCH3 is 1. The third-order valence-electron chi connectivity index (χ3n) is 6.53. The number of carbonyl (C=O) groups excluding carboxylic acids is 2. The number of nitrogens with two attached hydrogens (primary N) is 3. The molecule has 0 radical (unpaired) electrons. The monoisotopic (exact) mass is 671 g/mol. The van der Waals surface area contributed by atoms with Crippen molar-refractivity contribution in [3.05, 3.63) is 101 Å². The van der Waals surface area contributed by atoms with Crippen molar-refractivity contribution in [2.24, 2.45) is 22.2 Å². The van der Waals surface area contributed by atoms with E-state index >= 15 is 0 Å². The van der Waals surface area contributed by atoms with Crippen LogP contribution in [0, 0.1) is 6.92 Å². The van der Waals surface area contributed by atoms with Crippen LogP contribution in [-0.4, -0.2) is 41.0 Å². The lowest BCUT2D eigenvalue weighted by Gasteiger charge is -2.10. The van der Waals surface area contributed by atoms with E-state index in [1.54, 1.807) is 60.2 Å². The molecule has 0 saturated heterocycles. The number of aliphatic imine (C=N–C) groups is 1. The topological polar surface area (TPSA) is 173 Å². The van der Waals surface area contributed by atoms with Crippen LogP contribution in [0.1, 0.15) is 43.1 Å². The van der Waals surface area contributed by atoms with Gasteiger partial charge in [0.1, 0.15) is 29.6 Å². The second kappa shape index (κ2) is 18.0. The quantitative estimate of drug-likeness (QED) is 0.0923. The van der Waals surface area contributed by atoms with Crippen molar-refractivity contribution in [2.45, 2.75) is 40.7 Å². The molecule has 0 aliphatic heterocycles. The molecule has 11 nitrogen and oxygen atoms in total. The van der Waals surface area contributed by atoms with Crippen molar-refractivity contribution in [2.75, 3.05) is 19.0 Å². The summed E-state index contributed by atoms with van der Waals surface area (Å²) >= 11 is 6.18. The van der Waals surface area contributed by atoms with Crippen molar-refractivity contribution < 1.29 is 19.1 Å². The van der Waals surface area contributed by atoms with Gasteiger partial charge in [-0.1, -0.05) is 44.5 Å². The lowest BCUT2D eigenvalue weighted by Crippen LogP contribution is -2.22. The van der Waals surface area contributed by atoms with Gasteiger partial charge in [-0.3, -0.25) is 14.6 Å². The number of carbonyl (C=O) groups is 2. The van der Waals surface area contributed by atoms with E-state index in [0.717, 1.165) is 18.5 Å². The molecular formula is C36H42ClN7O4. The maximum absolute atomic E-state index is 12.9. The number of primary amides is 1. The molecule has 48 heavy (non-hydrogen) atoms. The molecule has 0 saturated carbocycles. The molecule has 0 atom stereocenters. The number of guanidine groups is 1. The maximum atomic E-state index is 12.9. The minimum Gasteiger partial charge on any atom is -0.497 e. The molecule has 12 heteroatoms. The van der Waals surface area contributed by atoms with Crippen LogP contribution in [0.4, 0.5) is 5.69 Å². The number of hydrogen-bond donors (Lipinski definition) is 4. The highest BCUT2D eigenvalue weighted by Gasteiger charge is 2.17. The van der Waals surface area contributed by atoms with Crippen LogP contribution in [-0.2, 0) is 11.3 Å². The van der Waals surface area contributed by atoms with Crippen LogP contribution < -0.4 is 32.0 Å². The first-order chi connectivity index (χ1) is 23.1. The minimum absolute atomic E-state index is 0.0816. The zero-order valence-corrected chi connectivity index (χ0v) is 28.5. The van der Waals surface area contributed by atoms with Crippen molar-refractivity contribution in [3.8, 4) is 28.6 Å². The highest BCUT2D eigenvalue weighted by Crippen LogP contribution is 2.31. The van der Waals surface area contributed by atoms with E-state index in [1.165, 1.54) is 0 Å². The van der Waals surface area contributed by atoms with Gasteiger partial charge in [0.05, 0.1) is 18.1 Å². The number of nitrogens with one attached hydrogen (secondary N) is 1. The number of halogens is 1. The fourth-order valence-corrected chi connectivity index (χ4v) is 4.80. The van der Waals surface area contributed by atoms with Crippen LogP contribution in [0.15, 0.2) is 89.9 Å². The Morgan fingerprint density at radius 1 is 0.917 bits per heavy atom. The number of hydrogen-bond acceptors (Lipinski definition) is 6. The minimum atomic E-state index is -0.515. The van der Waals surface area contributed by atoms with Gasteiger partial charge in [0.2, 0.25) is 5.91 Å². The third-order valence-corrected chi connectivity index (χ3v) is 6.75. The van der Waals surface area contributed by atoms with E-state index < -0.39 is 5.91 Å². The largest absolute Gasteiger partial charge is 0.497 e. The fourth-order valence-electron chi connectivity index (χ4n) is 4.52. The molecule has 0 unspecified atom stereocenters. The van der Waals surface area contributed by atoms with Crippen LogP contribution in [0.5, 0.6) is 17.2 Å². The predicted molar refractivity (Wildman–Crippen MR) is 194 cm³/mol. The molecule has 252 valence electrons. The van der Waals surface area contributed by atoms with Gasteiger partial charge in [0.15, 0.2) is 5.96 Å². The molecule has 7 N–H and O–H groups in total. The summed E-state index contributed by atoms with van der Waals surface area (Å²) in [5.74, 6) is 1.77. The number of amides is 2. The highest BCUT2D eigenvalue weighted by atomic mass is 35.5. The zero-order valence-electron chi connectivity index (χ0n) is 27.8. The van der Waals surface area contributed by atoms with E-state index in [-0.39, 0.29) is 18.4 Å². The van der Waals surface area contributed by atoms with Crippen molar-refractivity contribution in [3.63, 3.8) is 0 Å². The Kier molecular flexibility index (Phi) is 13.8. The summed E-state index contributed by atoms with van der Waals surface area (Å²) < 4.78 is 12.9. The Balaban J connectivity index is 0.000000618. The van der Waals surface area contributed by atoms with Crippen LogP contribution >= 0.6 is 11.6 Å². The fraction of sp³-hybridized carbons (Fsp3) is 0.222. The third kappa shape index (κ3) is 10.5. The smallest absolute Gasteiger partial charge is 0.255 e. The number of anilines is 1. The van der Waals surface area contributed by atoms with Gasteiger partial charge in [-0.25, -0.2) is 4.98 Å². The Morgan fingerprint density at radius 3 is 2.25 bits per heavy atom. The lowest BCUT2D eigenvalue weighted by atomic mass is 10.1. The number of aromatic nitrogens is 2. The molecular weight excluding hydrogens is 630 g/mol. The number of aryl methyl sites for hydroxylation is 1. The molecule has 5 aromatic rings. The van der Waals surface area contributed by atoms with Gasteiger partial charge in [0.25, 0.3) is 5.91 Å². The lowest BCUT2D eigenvalue weighted by molar-refractivity contribution is -0.118. The van der Waals surface area contributed by atoms with E-state index in [9.17, 15) is 9.59 Å². The van der Waals surface area contributed by atoms with E-state index in [2.05, 4.69) is 10.3 Å². The number of imidazole rings is 1. The predicted octanol–water partition coefficient (Wildman–Crippen LogP) is 6.90. The number of nitrogens with zero attached hydrogens (tertiary/aromatic N) is 3. The number of benzene rings is 4. The molecule has 0 aliphatic carbocycles. The van der Waals surface area contributed by atoms with Crippen molar-refractivity contribution in [1.82, 2.24) is 9.55 Å². The van der Waals surface area contributed by atoms with Gasteiger partial charge < -0.3 is 36.6 Å². The number of fused-ring (bicyclic) bond motifs is 1. The second-order valence-electron chi connectivity index (χ2n) is 10.3. The molecule has 0 bridgehead atoms. The first-order valence-corrected chi connectivity index (χ1v) is 15.8. The Labute approximate surface area is 285 Å². The van der Waals surface area contributed by atoms with Crippen molar-refractivity contribution in [1.29, 1.82) is 0 Å². The summed E-state index contributed by atoms with van der Waals surface area (Å²) in [4.78, 5) is 33.4. The first-order valence-electron chi connectivity index (χ1n) is 15.4. The normalized spacial score (nSPS) is 10.1. The van der Waals surface area contributed by atoms with Crippen LogP contribution in [0.25, 0.3) is 22.4 Å². The molecule has 1 heterocycles. The van der Waals surface area contributed by atoms with E-state index in [4.69, 9.17) is 43.3 Å². The second-order valence-corrected chi connectivity index (χ2v) is 10.7. The van der Waals surface area contributed by atoms with Crippen molar-refractivity contribution >= 4 is 46.1 Å². The molecule has 2 amide bonds. The Morgan fingerprint density at radius 2 is 1.65 bits per heavy atom. The Bertz CT molecular complexity index is 1850. The van der Waals surface area contributed by atoms with Gasteiger partial charge in [-0.2, -0.15) is 0 Å². The summed E-state index contributed by atoms with van der Waals surface area (Å²) in [6.07, 6.45) is 0.998. The van der Waals surface area contributed by atoms with Crippen LogP contribution in [0.3, 0.4) is 0 Å². The number of rotatable bonds is 10. The van der Waals surface area contributed by atoms with Gasteiger partial charge in [-0.15, -0.1) is 0 Å². The highest BCUT2D eigenvalue weighted by molar-refractivity contribution is 6.30. The SMILES string of the molecule is CC.CCCN=C(N)N.COc1ccc(NC(=O)c2ccc3c(c2)nc(-c2cccc(Oc4cc(C)cc(Cl)c4)c2)n3CC(N)=O)cc1. The van der Waals surface area contributed by atoms with Gasteiger partial charge in [-0.05, 0) is 91.7 Å². The standard InChI is InChI=1S/C30H25ClN4O4.C4H11N3.C2H6/c1-18-12-21(31)16-25(13-18)39-24-5-3-4-19(14-24)29-34-26-15-20(6-11-27(26)35(29)17-28(32)36)30(37)33-22-7-9-23(38-2)10-8-22;1-2-3-7-4(5)6;1-2/h3-16H,17H2,1-2H3,(H2,32,36)(H,33,37);2-3H2,1H3,(H4,5,6,7);1-2H3. The average molecular weight is 672 g/mol. The van der Waals surface area contributed by atoms with Gasteiger partial charge in [0, 0.05) is 28.4 Å². The summed E-state index contributed by atoms with van der Waals surface area (Å²) in [6, 6.07) is 25.0. The summed E-state index contributed by atoms with van der Waals surface area (Å²) in [5.41, 5.74) is 19.5. The molecule has 0 spiro atoms. The summed E-state index contributed by atoms with van der Waals surface area (Å²) in [6.45, 7) is 8.61. The molecule has 0 fully saturated rings. The van der Waals surface area contributed by atoms with Crippen LogP contribution in [0.2, 0.25) is 5.02 Å². The molecule has 4 aromatic carbocycles. The zero-order chi connectivity index (χ0) is 35.2. The summed E-state index contributed by atoms with van der Waals surface area (Å²) in [7, 11) is 1.58. The Hall–Kier alpha value is -5.55. The molecule has 5 rings (SSSR count).